The zero-order valence-corrected chi connectivity index (χ0v) is 11.6. The molecule has 2 fully saturated rings. The molecular formula is C15H25N3. The molecule has 0 radical (unpaired) electrons. The van der Waals surface area contributed by atoms with Crippen LogP contribution in [0.1, 0.15) is 38.4 Å². The van der Waals surface area contributed by atoms with Gasteiger partial charge in [0.2, 0.25) is 0 Å². The fraction of sp³-hybridized carbons (Fsp3) is 0.800. The Labute approximate surface area is 110 Å². The second-order valence-electron chi connectivity index (χ2n) is 6.16. The van der Waals surface area contributed by atoms with Crippen LogP contribution >= 0.6 is 0 Å². The van der Waals surface area contributed by atoms with Crippen molar-refractivity contribution in [1.29, 1.82) is 0 Å². The molecule has 1 N–H and O–H groups in total. The molecule has 0 amide bonds. The molecule has 0 aromatic carbocycles. The first kappa shape index (κ1) is 12.2. The fourth-order valence-electron chi connectivity index (χ4n) is 4.21. The van der Waals surface area contributed by atoms with Crippen molar-refractivity contribution in [2.75, 3.05) is 6.54 Å². The van der Waals surface area contributed by atoms with Gasteiger partial charge in [0.15, 0.2) is 0 Å². The number of aryl methyl sites for hydroxylation is 1. The third-order valence-corrected chi connectivity index (χ3v) is 5.10. The van der Waals surface area contributed by atoms with E-state index in [-0.39, 0.29) is 0 Å². The topological polar surface area (TPSA) is 29.9 Å². The van der Waals surface area contributed by atoms with E-state index in [1.165, 1.54) is 31.5 Å². The highest BCUT2D eigenvalue weighted by Gasteiger charge is 2.42. The summed E-state index contributed by atoms with van der Waals surface area (Å²) in [5.41, 5.74) is 0. The number of nitrogens with one attached hydrogen (secondary N) is 1. The van der Waals surface area contributed by atoms with Crippen LogP contribution in [-0.2, 0) is 13.5 Å². The lowest BCUT2D eigenvalue weighted by atomic mass is 9.82. The van der Waals surface area contributed by atoms with Gasteiger partial charge in [0.25, 0.3) is 0 Å². The minimum atomic E-state index is 0.631. The smallest absolute Gasteiger partial charge is 0.109 e. The zero-order chi connectivity index (χ0) is 12.5. The molecule has 0 saturated heterocycles. The van der Waals surface area contributed by atoms with Crippen LogP contribution < -0.4 is 5.32 Å². The maximum atomic E-state index is 4.49. The molecule has 3 nitrogen and oxygen atoms in total. The molecule has 1 aromatic heterocycles. The summed E-state index contributed by atoms with van der Waals surface area (Å²) in [7, 11) is 2.10. The van der Waals surface area contributed by atoms with Crippen molar-refractivity contribution in [3.63, 3.8) is 0 Å². The lowest BCUT2D eigenvalue weighted by molar-refractivity contribution is 0.246. The standard InChI is InChI=1S/C15H25N3/c1-3-16-14(10-15-17-6-7-18(15)2)13-9-11-4-5-12(13)8-11/h6-7,11-14,16H,3-5,8-10H2,1-2H3. The van der Waals surface area contributed by atoms with Crippen LogP contribution in [0.25, 0.3) is 0 Å². The summed E-state index contributed by atoms with van der Waals surface area (Å²) in [4.78, 5) is 4.49. The first-order valence-electron chi connectivity index (χ1n) is 7.47. The van der Waals surface area contributed by atoms with Gasteiger partial charge in [-0.1, -0.05) is 13.3 Å². The number of fused-ring (bicyclic) bond motifs is 2. The largest absolute Gasteiger partial charge is 0.338 e. The Balaban J connectivity index is 1.70. The maximum Gasteiger partial charge on any atom is 0.109 e. The number of rotatable bonds is 5. The lowest BCUT2D eigenvalue weighted by Crippen LogP contribution is -2.40. The SMILES string of the molecule is CCNC(Cc1nccn1C)C1CC2CCC1C2. The Morgan fingerprint density at radius 2 is 2.33 bits per heavy atom. The summed E-state index contributed by atoms with van der Waals surface area (Å²) >= 11 is 0. The van der Waals surface area contributed by atoms with Crippen molar-refractivity contribution in [2.45, 2.75) is 45.1 Å². The number of likely N-dealkylation sites (N-methyl/N-ethyl adjacent to an activating group) is 1. The summed E-state index contributed by atoms with van der Waals surface area (Å²) in [6.07, 6.45) is 11.0. The molecule has 4 atom stereocenters. The number of nitrogens with zero attached hydrogens (tertiary/aromatic N) is 2. The Kier molecular flexibility index (Phi) is 3.42. The monoisotopic (exact) mass is 247 g/mol. The highest BCUT2D eigenvalue weighted by Crippen LogP contribution is 2.49. The molecule has 4 unspecified atom stereocenters. The first-order valence-corrected chi connectivity index (χ1v) is 7.47. The van der Waals surface area contributed by atoms with Crippen LogP contribution in [0.3, 0.4) is 0 Å². The van der Waals surface area contributed by atoms with E-state index in [9.17, 15) is 0 Å². The minimum Gasteiger partial charge on any atom is -0.338 e. The molecule has 0 aliphatic heterocycles. The molecule has 18 heavy (non-hydrogen) atoms. The van der Waals surface area contributed by atoms with Gasteiger partial charge in [0.05, 0.1) is 0 Å². The van der Waals surface area contributed by atoms with Crippen LogP contribution in [-0.4, -0.2) is 22.1 Å². The molecule has 2 aliphatic rings. The summed E-state index contributed by atoms with van der Waals surface area (Å²) < 4.78 is 2.16. The molecule has 2 aliphatic carbocycles. The quantitative estimate of drug-likeness (QED) is 0.866. The van der Waals surface area contributed by atoms with Gasteiger partial charge in [-0.05, 0) is 43.6 Å². The number of aromatic nitrogens is 2. The van der Waals surface area contributed by atoms with E-state index in [0.29, 0.717) is 6.04 Å². The minimum absolute atomic E-state index is 0.631. The highest BCUT2D eigenvalue weighted by atomic mass is 15.0. The predicted molar refractivity (Wildman–Crippen MR) is 73.3 cm³/mol. The van der Waals surface area contributed by atoms with Crippen LogP contribution in [0.5, 0.6) is 0 Å². The molecule has 1 heterocycles. The van der Waals surface area contributed by atoms with E-state index in [0.717, 1.165) is 30.7 Å². The highest BCUT2D eigenvalue weighted by molar-refractivity contribution is 5.01. The average Bonchev–Trinajstić information content (AvgIpc) is 3.06. The molecule has 3 heteroatoms. The van der Waals surface area contributed by atoms with Gasteiger partial charge in [-0.25, -0.2) is 4.98 Å². The summed E-state index contributed by atoms with van der Waals surface area (Å²) in [6.45, 7) is 3.29. The Hall–Kier alpha value is -0.830. The zero-order valence-electron chi connectivity index (χ0n) is 11.6. The van der Waals surface area contributed by atoms with E-state index in [1.807, 2.05) is 6.20 Å². The Morgan fingerprint density at radius 1 is 1.44 bits per heavy atom. The molecule has 2 bridgehead atoms. The normalized spacial score (nSPS) is 32.0. The summed E-state index contributed by atoms with van der Waals surface area (Å²) in [5, 5.41) is 3.72. The third kappa shape index (κ3) is 2.20. The Morgan fingerprint density at radius 3 is 2.89 bits per heavy atom. The number of hydrogen-bond acceptors (Lipinski definition) is 2. The third-order valence-electron chi connectivity index (χ3n) is 5.10. The van der Waals surface area contributed by atoms with E-state index >= 15 is 0 Å². The summed E-state index contributed by atoms with van der Waals surface area (Å²) in [5.74, 6) is 4.13. The van der Waals surface area contributed by atoms with Crippen LogP contribution in [0.2, 0.25) is 0 Å². The molecular weight excluding hydrogens is 222 g/mol. The van der Waals surface area contributed by atoms with Crippen molar-refractivity contribution in [3.8, 4) is 0 Å². The van der Waals surface area contributed by atoms with E-state index in [4.69, 9.17) is 0 Å². The van der Waals surface area contributed by atoms with Gasteiger partial charge in [0.1, 0.15) is 5.82 Å². The van der Waals surface area contributed by atoms with Gasteiger partial charge in [-0.2, -0.15) is 0 Å². The van der Waals surface area contributed by atoms with Gasteiger partial charge in [-0.15, -0.1) is 0 Å². The fourth-order valence-corrected chi connectivity index (χ4v) is 4.21. The molecule has 3 rings (SSSR count). The Bertz CT molecular complexity index is 398. The molecule has 100 valence electrons. The van der Waals surface area contributed by atoms with Gasteiger partial charge in [-0.3, -0.25) is 0 Å². The van der Waals surface area contributed by atoms with Crippen LogP contribution in [0.4, 0.5) is 0 Å². The van der Waals surface area contributed by atoms with Crippen molar-refractivity contribution in [1.82, 2.24) is 14.9 Å². The van der Waals surface area contributed by atoms with Gasteiger partial charge >= 0.3 is 0 Å². The van der Waals surface area contributed by atoms with Gasteiger partial charge < -0.3 is 9.88 Å². The van der Waals surface area contributed by atoms with Gasteiger partial charge in [0, 0.05) is 31.9 Å². The number of imidazole rings is 1. The van der Waals surface area contributed by atoms with Crippen LogP contribution in [0.15, 0.2) is 12.4 Å². The van der Waals surface area contributed by atoms with E-state index in [2.05, 4.69) is 35.0 Å². The molecule has 1 aromatic rings. The predicted octanol–water partition coefficient (Wildman–Crippen LogP) is 2.38. The van der Waals surface area contributed by atoms with Crippen molar-refractivity contribution < 1.29 is 0 Å². The lowest BCUT2D eigenvalue weighted by Gasteiger charge is -2.31. The number of hydrogen-bond donors (Lipinski definition) is 1. The van der Waals surface area contributed by atoms with E-state index < -0.39 is 0 Å². The van der Waals surface area contributed by atoms with E-state index in [1.54, 1.807) is 0 Å². The van der Waals surface area contributed by atoms with Crippen molar-refractivity contribution in [3.05, 3.63) is 18.2 Å². The first-order chi connectivity index (χ1) is 8.78. The van der Waals surface area contributed by atoms with Crippen molar-refractivity contribution >= 4 is 0 Å². The summed E-state index contributed by atoms with van der Waals surface area (Å²) in [6, 6.07) is 0.631. The second-order valence-corrected chi connectivity index (χ2v) is 6.16. The molecule has 0 spiro atoms. The van der Waals surface area contributed by atoms with Crippen molar-refractivity contribution in [2.24, 2.45) is 24.8 Å². The van der Waals surface area contributed by atoms with Crippen LogP contribution in [0, 0.1) is 17.8 Å². The molecule has 2 saturated carbocycles. The second kappa shape index (κ2) is 5.04. The maximum absolute atomic E-state index is 4.49. The average molecular weight is 247 g/mol.